The Hall–Kier alpha value is -1.17. The molecule has 0 aliphatic rings. The Labute approximate surface area is 94.8 Å². The van der Waals surface area contributed by atoms with Crippen LogP contribution in [0.2, 0.25) is 0 Å². The maximum atomic E-state index is 5.28. The molecule has 1 aromatic carbocycles. The van der Waals surface area contributed by atoms with Crippen molar-refractivity contribution < 1.29 is 23.7 Å². The summed E-state index contributed by atoms with van der Waals surface area (Å²) < 4.78 is 0. The molecule has 1 heterocycles. The van der Waals surface area contributed by atoms with Gasteiger partial charge in [-0.25, -0.2) is 4.85 Å². The van der Waals surface area contributed by atoms with Crippen molar-refractivity contribution >= 4 is 0 Å². The van der Waals surface area contributed by atoms with Crippen molar-refractivity contribution in [3.63, 3.8) is 0 Å². The van der Waals surface area contributed by atoms with Gasteiger partial charge in [-0.05, 0) is 5.56 Å². The molecule has 0 radical (unpaired) electrons. The van der Waals surface area contributed by atoms with E-state index in [1.807, 2.05) is 30.3 Å². The fourth-order valence-electron chi connectivity index (χ4n) is 1.00. The van der Waals surface area contributed by atoms with Crippen LogP contribution in [0.5, 0.6) is 0 Å². The Morgan fingerprint density at radius 2 is 2.07 bits per heavy atom. The van der Waals surface area contributed by atoms with E-state index in [9.17, 15) is 0 Å². The summed E-state index contributed by atoms with van der Waals surface area (Å²) in [4.78, 5) is 6.61. The third-order valence-electron chi connectivity index (χ3n) is 1.63. The zero-order valence-electron chi connectivity index (χ0n) is 8.05. The zero-order valence-corrected chi connectivity index (χ0v) is 8.05. The quantitative estimate of drug-likeness (QED) is 0.416. The van der Waals surface area contributed by atoms with Gasteiger partial charge in [0, 0.05) is 0 Å². The predicted molar refractivity (Wildman–Crippen MR) is 47.8 cm³/mol. The van der Waals surface area contributed by atoms with Crippen LogP contribution in [0.4, 0.5) is 0 Å². The van der Waals surface area contributed by atoms with Gasteiger partial charge in [-0.1, -0.05) is 36.5 Å². The summed E-state index contributed by atoms with van der Waals surface area (Å²) in [6, 6.07) is 11.6. The van der Waals surface area contributed by atoms with E-state index in [-0.39, 0.29) is 18.9 Å². The summed E-state index contributed by atoms with van der Waals surface area (Å²) in [7, 11) is 0. The minimum absolute atomic E-state index is 0. The molecule has 0 spiro atoms. The summed E-state index contributed by atoms with van der Waals surface area (Å²) in [6.07, 6.45) is 4.42. The van der Waals surface area contributed by atoms with Gasteiger partial charge in [0.05, 0.1) is 0 Å². The molecule has 4 heteroatoms. The fraction of sp³-hybridized carbons (Fsp3) is 0.100. The second-order valence-corrected chi connectivity index (χ2v) is 2.59. The second kappa shape index (κ2) is 5.54. The van der Waals surface area contributed by atoms with E-state index in [1.54, 1.807) is 12.3 Å². The Morgan fingerprint density at radius 3 is 2.71 bits per heavy atom. The number of rotatable bonds is 3. The number of nitrogens with zero attached hydrogens (tertiary/aromatic N) is 2. The van der Waals surface area contributed by atoms with Gasteiger partial charge in [0.2, 0.25) is 0 Å². The molecule has 3 nitrogen and oxygen atoms in total. The van der Waals surface area contributed by atoms with Gasteiger partial charge in [-0.2, -0.15) is 6.07 Å². The molecule has 14 heavy (non-hydrogen) atoms. The van der Waals surface area contributed by atoms with Crippen LogP contribution in [-0.2, 0) is 6.61 Å². The van der Waals surface area contributed by atoms with Crippen LogP contribution in [-0.4, -0.2) is 9.94 Å². The number of hydrogen-bond donors (Lipinski definition) is 0. The van der Waals surface area contributed by atoms with Crippen molar-refractivity contribution in [2.75, 3.05) is 0 Å². The maximum absolute atomic E-state index is 5.28. The molecule has 0 aliphatic carbocycles. The van der Waals surface area contributed by atoms with Gasteiger partial charge >= 0.3 is 18.9 Å². The molecule has 0 amide bonds. The minimum Gasteiger partial charge on any atom is -0.412 e. The molecule has 0 atom stereocenters. The van der Waals surface area contributed by atoms with Gasteiger partial charge < -0.3 is 4.84 Å². The second-order valence-electron chi connectivity index (χ2n) is 2.59. The molecule has 2 rings (SSSR count). The first kappa shape index (κ1) is 10.9. The van der Waals surface area contributed by atoms with Crippen molar-refractivity contribution in [1.29, 1.82) is 0 Å². The third-order valence-corrected chi connectivity index (χ3v) is 1.63. The average molecular weight is 180 g/mol. The Kier molecular flexibility index (Phi) is 4.31. The molecule has 1 aromatic heterocycles. The summed E-state index contributed by atoms with van der Waals surface area (Å²) >= 11 is 0. The van der Waals surface area contributed by atoms with Crippen LogP contribution in [0.1, 0.15) is 5.56 Å². The van der Waals surface area contributed by atoms with Crippen LogP contribution in [0, 0.1) is 6.20 Å². The number of aromatic nitrogens is 2. The van der Waals surface area contributed by atoms with Crippen LogP contribution in [0.25, 0.3) is 0 Å². The first-order valence-corrected chi connectivity index (χ1v) is 4.04. The molecule has 66 valence electrons. The predicted octanol–water partition coefficient (Wildman–Crippen LogP) is -1.68. The van der Waals surface area contributed by atoms with E-state index < -0.39 is 0 Å². The van der Waals surface area contributed by atoms with Crippen LogP contribution in [0.15, 0.2) is 42.6 Å². The SMILES string of the molecule is [Li+].[c-]1ccnn1OCc1ccccc1. The van der Waals surface area contributed by atoms with E-state index >= 15 is 0 Å². The Balaban J connectivity index is 0.000000980. The third kappa shape index (κ3) is 2.95. The molecular weight excluding hydrogens is 171 g/mol. The van der Waals surface area contributed by atoms with Crippen molar-refractivity contribution in [2.45, 2.75) is 6.61 Å². The first-order chi connectivity index (χ1) is 6.45. The molecule has 0 N–H and O–H groups in total. The molecule has 0 unspecified atom stereocenters. The van der Waals surface area contributed by atoms with Gasteiger partial charge in [-0.3, -0.25) is 5.10 Å². The summed E-state index contributed by atoms with van der Waals surface area (Å²) in [5, 5.41) is 3.87. The molecule has 0 bridgehead atoms. The van der Waals surface area contributed by atoms with Crippen molar-refractivity contribution in [1.82, 2.24) is 9.94 Å². The van der Waals surface area contributed by atoms with E-state index in [2.05, 4.69) is 11.3 Å². The van der Waals surface area contributed by atoms with Gasteiger partial charge in [0.25, 0.3) is 0 Å². The smallest absolute Gasteiger partial charge is 0.412 e. The molecule has 0 saturated heterocycles. The summed E-state index contributed by atoms with van der Waals surface area (Å²) in [5.74, 6) is 0. The number of benzene rings is 1. The standard InChI is InChI=1S/C10H9N2O.Li/c1-2-5-10(6-3-1)9-13-12-8-4-7-11-12;/h1-7H,9H2;/q-1;+1. The molecular formula is C10H9LiN2O. The minimum atomic E-state index is 0. The largest absolute Gasteiger partial charge is 1.00 e. The van der Waals surface area contributed by atoms with E-state index in [0.29, 0.717) is 6.61 Å². The van der Waals surface area contributed by atoms with Crippen LogP contribution >= 0.6 is 0 Å². The molecule has 0 saturated carbocycles. The van der Waals surface area contributed by atoms with Crippen molar-refractivity contribution in [3.8, 4) is 0 Å². The van der Waals surface area contributed by atoms with Crippen molar-refractivity contribution in [2.24, 2.45) is 0 Å². The fourth-order valence-corrected chi connectivity index (χ4v) is 1.00. The zero-order chi connectivity index (χ0) is 8.93. The summed E-state index contributed by atoms with van der Waals surface area (Å²) in [5.41, 5.74) is 1.12. The number of hydrogen-bond acceptors (Lipinski definition) is 2. The van der Waals surface area contributed by atoms with E-state index in [4.69, 9.17) is 4.84 Å². The Bertz CT molecular complexity index is 348. The topological polar surface area (TPSA) is 27.1 Å². The van der Waals surface area contributed by atoms with Gasteiger partial charge in [0.15, 0.2) is 0 Å². The van der Waals surface area contributed by atoms with Crippen LogP contribution < -0.4 is 23.7 Å². The molecule has 0 fully saturated rings. The molecule has 0 aliphatic heterocycles. The summed E-state index contributed by atoms with van der Waals surface area (Å²) in [6.45, 7) is 0.513. The first-order valence-electron chi connectivity index (χ1n) is 4.04. The van der Waals surface area contributed by atoms with E-state index in [1.165, 1.54) is 4.85 Å². The van der Waals surface area contributed by atoms with Crippen molar-refractivity contribution in [3.05, 3.63) is 54.4 Å². The van der Waals surface area contributed by atoms with E-state index in [0.717, 1.165) is 5.56 Å². The van der Waals surface area contributed by atoms with Crippen LogP contribution in [0.3, 0.4) is 0 Å². The maximum Gasteiger partial charge on any atom is 1.00 e. The normalized spacial score (nSPS) is 9.14. The average Bonchev–Trinajstić information content (AvgIpc) is 2.69. The monoisotopic (exact) mass is 180 g/mol. The molecule has 2 aromatic rings. The Morgan fingerprint density at radius 1 is 1.29 bits per heavy atom. The van der Waals surface area contributed by atoms with Gasteiger partial charge in [-0.15, -0.1) is 6.20 Å². The van der Waals surface area contributed by atoms with Gasteiger partial charge in [0.1, 0.15) is 6.61 Å².